The van der Waals surface area contributed by atoms with Crippen molar-refractivity contribution in [1.82, 2.24) is 15.0 Å². The summed E-state index contributed by atoms with van der Waals surface area (Å²) in [5.41, 5.74) is 2.14. The van der Waals surface area contributed by atoms with Crippen molar-refractivity contribution >= 4 is 5.69 Å². The minimum atomic E-state index is 0.467. The largest absolute Gasteiger partial charge is 0.380 e. The summed E-state index contributed by atoms with van der Waals surface area (Å²) in [5, 5.41) is 11.5. The van der Waals surface area contributed by atoms with Gasteiger partial charge in [0, 0.05) is 6.04 Å². The summed E-state index contributed by atoms with van der Waals surface area (Å²) in [5.74, 6) is 0.596. The maximum atomic E-state index is 4.05. The number of rotatable bonds is 5. The number of anilines is 1. The zero-order valence-corrected chi connectivity index (χ0v) is 11.2. The Bertz CT molecular complexity index is 476. The van der Waals surface area contributed by atoms with E-state index in [0.717, 1.165) is 17.8 Å². The third-order valence-electron chi connectivity index (χ3n) is 3.16. The normalized spacial score (nSPS) is 12.7. The number of nitrogens with zero attached hydrogens (tertiary/aromatic N) is 3. The van der Waals surface area contributed by atoms with Crippen LogP contribution in [-0.2, 0) is 0 Å². The van der Waals surface area contributed by atoms with Gasteiger partial charge >= 0.3 is 0 Å². The Morgan fingerprint density at radius 1 is 1.28 bits per heavy atom. The van der Waals surface area contributed by atoms with Crippen molar-refractivity contribution in [3.63, 3.8) is 0 Å². The Kier molecular flexibility index (Phi) is 3.97. The topological polar surface area (TPSA) is 42.7 Å². The first-order valence-electron chi connectivity index (χ1n) is 6.44. The molecule has 1 N–H and O–H groups in total. The lowest BCUT2D eigenvalue weighted by Gasteiger charge is -2.23. The van der Waals surface area contributed by atoms with Crippen molar-refractivity contribution in [2.24, 2.45) is 5.92 Å². The minimum Gasteiger partial charge on any atom is -0.380 e. The van der Waals surface area contributed by atoms with Gasteiger partial charge in [-0.15, -0.1) is 5.10 Å². The average Bonchev–Trinajstić information content (AvgIpc) is 2.89. The van der Waals surface area contributed by atoms with E-state index in [1.54, 1.807) is 10.9 Å². The maximum Gasteiger partial charge on any atom is 0.0894 e. The summed E-state index contributed by atoms with van der Waals surface area (Å²) < 4.78 is 1.79. The number of hydrogen-bond acceptors (Lipinski definition) is 3. The fourth-order valence-corrected chi connectivity index (χ4v) is 2.07. The summed E-state index contributed by atoms with van der Waals surface area (Å²) in [7, 11) is 0. The van der Waals surface area contributed by atoms with Crippen LogP contribution in [0.3, 0.4) is 0 Å². The summed E-state index contributed by atoms with van der Waals surface area (Å²) >= 11 is 0. The molecule has 4 nitrogen and oxygen atoms in total. The van der Waals surface area contributed by atoms with Gasteiger partial charge in [0.05, 0.1) is 23.8 Å². The van der Waals surface area contributed by atoms with Gasteiger partial charge in [-0.1, -0.05) is 38.1 Å². The molecule has 0 saturated heterocycles. The van der Waals surface area contributed by atoms with E-state index in [4.69, 9.17) is 0 Å². The van der Waals surface area contributed by atoms with Crippen LogP contribution >= 0.6 is 0 Å². The van der Waals surface area contributed by atoms with Gasteiger partial charge in [-0.3, -0.25) is 0 Å². The van der Waals surface area contributed by atoms with E-state index >= 15 is 0 Å². The SMILES string of the molecule is CCC(Nc1ccccc1-n1ccnn1)C(C)C. The Morgan fingerprint density at radius 2 is 2.06 bits per heavy atom. The van der Waals surface area contributed by atoms with Gasteiger partial charge in [0.2, 0.25) is 0 Å². The summed E-state index contributed by atoms with van der Waals surface area (Å²) in [6.45, 7) is 6.67. The Balaban J connectivity index is 2.28. The van der Waals surface area contributed by atoms with Gasteiger partial charge in [-0.25, -0.2) is 4.68 Å². The molecule has 0 fully saturated rings. The quantitative estimate of drug-likeness (QED) is 0.878. The number of aromatic nitrogens is 3. The van der Waals surface area contributed by atoms with Crippen molar-refractivity contribution in [3.05, 3.63) is 36.7 Å². The first-order chi connectivity index (χ1) is 8.72. The first kappa shape index (κ1) is 12.6. The zero-order chi connectivity index (χ0) is 13.0. The molecule has 1 atom stereocenters. The van der Waals surface area contributed by atoms with Crippen molar-refractivity contribution in [2.45, 2.75) is 33.2 Å². The van der Waals surface area contributed by atoms with E-state index in [1.165, 1.54) is 0 Å². The molecule has 2 rings (SSSR count). The lowest BCUT2D eigenvalue weighted by molar-refractivity contribution is 0.511. The molecule has 0 saturated carbocycles. The summed E-state index contributed by atoms with van der Waals surface area (Å²) in [6, 6.07) is 8.65. The third kappa shape index (κ3) is 2.70. The first-order valence-corrected chi connectivity index (χ1v) is 6.44. The summed E-state index contributed by atoms with van der Waals surface area (Å²) in [4.78, 5) is 0. The highest BCUT2D eigenvalue weighted by Crippen LogP contribution is 2.22. The van der Waals surface area contributed by atoms with E-state index < -0.39 is 0 Å². The fraction of sp³-hybridized carbons (Fsp3) is 0.429. The van der Waals surface area contributed by atoms with Crippen LogP contribution in [0.4, 0.5) is 5.69 Å². The van der Waals surface area contributed by atoms with Gasteiger partial charge in [0.15, 0.2) is 0 Å². The molecule has 1 aromatic carbocycles. The fourth-order valence-electron chi connectivity index (χ4n) is 2.07. The second-order valence-corrected chi connectivity index (χ2v) is 4.77. The predicted molar refractivity (Wildman–Crippen MR) is 73.9 cm³/mol. The van der Waals surface area contributed by atoms with Crippen LogP contribution in [-0.4, -0.2) is 21.0 Å². The highest BCUT2D eigenvalue weighted by atomic mass is 15.4. The minimum absolute atomic E-state index is 0.467. The zero-order valence-electron chi connectivity index (χ0n) is 11.2. The molecular formula is C14H20N4. The molecular weight excluding hydrogens is 224 g/mol. The van der Waals surface area contributed by atoms with Crippen LogP contribution in [0.1, 0.15) is 27.2 Å². The van der Waals surface area contributed by atoms with Crippen LogP contribution in [0.15, 0.2) is 36.7 Å². The van der Waals surface area contributed by atoms with Gasteiger partial charge in [-0.2, -0.15) is 0 Å². The molecule has 4 heteroatoms. The van der Waals surface area contributed by atoms with Gasteiger partial charge in [0.25, 0.3) is 0 Å². The monoisotopic (exact) mass is 244 g/mol. The lowest BCUT2D eigenvalue weighted by Crippen LogP contribution is -2.25. The Hall–Kier alpha value is -1.84. The van der Waals surface area contributed by atoms with Crippen molar-refractivity contribution in [2.75, 3.05) is 5.32 Å². The van der Waals surface area contributed by atoms with Crippen LogP contribution in [0.5, 0.6) is 0 Å². The Morgan fingerprint density at radius 3 is 2.67 bits per heavy atom. The van der Waals surface area contributed by atoms with Crippen LogP contribution in [0.2, 0.25) is 0 Å². The summed E-state index contributed by atoms with van der Waals surface area (Å²) in [6.07, 6.45) is 4.65. The van der Waals surface area contributed by atoms with Crippen LogP contribution < -0.4 is 5.32 Å². The van der Waals surface area contributed by atoms with Crippen molar-refractivity contribution in [1.29, 1.82) is 0 Å². The number of para-hydroxylation sites is 2. The molecule has 1 aromatic heterocycles. The molecule has 0 amide bonds. The molecule has 0 aliphatic rings. The predicted octanol–water partition coefficient (Wildman–Crippen LogP) is 3.11. The highest BCUT2D eigenvalue weighted by molar-refractivity contribution is 5.60. The lowest BCUT2D eigenvalue weighted by atomic mass is 10.0. The highest BCUT2D eigenvalue weighted by Gasteiger charge is 2.13. The van der Waals surface area contributed by atoms with Crippen molar-refractivity contribution < 1.29 is 0 Å². The van der Waals surface area contributed by atoms with Gasteiger partial charge in [0.1, 0.15) is 0 Å². The molecule has 2 aromatic rings. The van der Waals surface area contributed by atoms with Crippen LogP contribution in [0.25, 0.3) is 5.69 Å². The standard InChI is InChI=1S/C14H20N4/c1-4-12(11(2)3)16-13-7-5-6-8-14(13)18-10-9-15-17-18/h5-12,16H,4H2,1-3H3. The molecule has 0 aliphatic heterocycles. The maximum absolute atomic E-state index is 4.05. The van der Waals surface area contributed by atoms with E-state index in [2.05, 4.69) is 42.5 Å². The smallest absolute Gasteiger partial charge is 0.0894 e. The Labute approximate surface area is 108 Å². The molecule has 18 heavy (non-hydrogen) atoms. The molecule has 0 radical (unpaired) electrons. The molecule has 0 aliphatic carbocycles. The molecule has 0 spiro atoms. The second-order valence-electron chi connectivity index (χ2n) is 4.77. The average molecular weight is 244 g/mol. The van der Waals surface area contributed by atoms with Crippen molar-refractivity contribution in [3.8, 4) is 5.69 Å². The number of nitrogens with one attached hydrogen (secondary N) is 1. The molecule has 96 valence electrons. The van der Waals surface area contributed by atoms with E-state index in [9.17, 15) is 0 Å². The molecule has 1 unspecified atom stereocenters. The van der Waals surface area contributed by atoms with E-state index in [-0.39, 0.29) is 0 Å². The van der Waals surface area contributed by atoms with Gasteiger partial charge < -0.3 is 5.32 Å². The molecule has 1 heterocycles. The van der Waals surface area contributed by atoms with E-state index in [1.807, 2.05) is 24.4 Å². The van der Waals surface area contributed by atoms with Gasteiger partial charge in [-0.05, 0) is 24.5 Å². The third-order valence-corrected chi connectivity index (χ3v) is 3.16. The number of benzene rings is 1. The number of hydrogen-bond donors (Lipinski definition) is 1. The van der Waals surface area contributed by atoms with E-state index in [0.29, 0.717) is 12.0 Å². The molecule has 0 bridgehead atoms. The van der Waals surface area contributed by atoms with Crippen LogP contribution in [0, 0.1) is 5.92 Å². The second kappa shape index (κ2) is 5.67.